The fourth-order valence-electron chi connectivity index (χ4n) is 1.60. The molecule has 0 spiro atoms. The smallest absolute Gasteiger partial charge is 0.180 e. The summed E-state index contributed by atoms with van der Waals surface area (Å²) < 4.78 is 22.7. The number of nitrogens with zero attached hydrogens (tertiary/aromatic N) is 1. The van der Waals surface area contributed by atoms with Crippen molar-refractivity contribution < 1.29 is 13.2 Å². The number of fused-ring (bicyclic) bond motifs is 1. The first-order valence-electron chi connectivity index (χ1n) is 4.27. The quantitative estimate of drug-likeness (QED) is 0.671. The van der Waals surface area contributed by atoms with Crippen LogP contribution in [0.1, 0.15) is 28.7 Å². The molecule has 1 aromatic rings. The van der Waals surface area contributed by atoms with E-state index >= 15 is 0 Å². The van der Waals surface area contributed by atoms with E-state index in [1.807, 2.05) is 0 Å². The van der Waals surface area contributed by atoms with E-state index in [2.05, 4.69) is 10.2 Å². The van der Waals surface area contributed by atoms with Gasteiger partial charge in [-0.2, -0.15) is 5.10 Å². The molecular formula is C8H10N2O3S. The van der Waals surface area contributed by atoms with Crippen LogP contribution in [0.2, 0.25) is 0 Å². The Morgan fingerprint density at radius 2 is 2.21 bits per heavy atom. The average molecular weight is 214 g/mol. The van der Waals surface area contributed by atoms with Gasteiger partial charge in [0.2, 0.25) is 0 Å². The van der Waals surface area contributed by atoms with E-state index in [9.17, 15) is 13.2 Å². The van der Waals surface area contributed by atoms with Crippen LogP contribution >= 0.6 is 0 Å². The first-order chi connectivity index (χ1) is 6.49. The van der Waals surface area contributed by atoms with Gasteiger partial charge in [-0.05, 0) is 0 Å². The van der Waals surface area contributed by atoms with Gasteiger partial charge in [-0.25, -0.2) is 8.42 Å². The molecule has 0 fully saturated rings. The zero-order valence-electron chi connectivity index (χ0n) is 7.70. The molecule has 6 heteroatoms. The molecule has 2 heterocycles. The molecule has 0 aromatic carbocycles. The number of Topliss-reactive ketones (excluding diaryl/α,β-unsaturated/α-hetero) is 1. The third-order valence-corrected chi connectivity index (χ3v) is 3.87. The number of hydrogen-bond acceptors (Lipinski definition) is 4. The van der Waals surface area contributed by atoms with E-state index in [1.165, 1.54) is 6.92 Å². The minimum atomic E-state index is -3.03. The summed E-state index contributed by atoms with van der Waals surface area (Å²) in [5.41, 5.74) is 1.61. The molecule has 14 heavy (non-hydrogen) atoms. The van der Waals surface area contributed by atoms with E-state index in [1.54, 1.807) is 0 Å². The van der Waals surface area contributed by atoms with Gasteiger partial charge in [-0.1, -0.05) is 0 Å². The molecule has 0 amide bonds. The van der Waals surface area contributed by atoms with Gasteiger partial charge >= 0.3 is 0 Å². The van der Waals surface area contributed by atoms with Gasteiger partial charge in [0.1, 0.15) is 5.69 Å². The summed E-state index contributed by atoms with van der Waals surface area (Å²) in [6, 6.07) is 0. The summed E-state index contributed by atoms with van der Waals surface area (Å²) in [6.45, 7) is 1.39. The molecule has 0 aliphatic carbocycles. The number of nitrogens with one attached hydrogen (secondary N) is 1. The summed E-state index contributed by atoms with van der Waals surface area (Å²) in [7, 11) is -3.03. The molecule has 2 rings (SSSR count). The van der Waals surface area contributed by atoms with Crippen molar-refractivity contribution in [3.8, 4) is 0 Å². The Morgan fingerprint density at radius 1 is 1.50 bits per heavy atom. The minimum Gasteiger partial charge on any atom is -0.293 e. The largest absolute Gasteiger partial charge is 0.293 e. The molecule has 0 bridgehead atoms. The van der Waals surface area contributed by atoms with Gasteiger partial charge in [-0.3, -0.25) is 9.89 Å². The Bertz CT molecular complexity index is 487. The van der Waals surface area contributed by atoms with Crippen LogP contribution in [0.4, 0.5) is 0 Å². The second-order valence-electron chi connectivity index (χ2n) is 3.43. The van der Waals surface area contributed by atoms with Crippen molar-refractivity contribution in [1.29, 1.82) is 0 Å². The Hall–Kier alpha value is -1.17. The maximum absolute atomic E-state index is 11.3. The number of H-pyrrole nitrogens is 1. The van der Waals surface area contributed by atoms with Crippen LogP contribution in [0.15, 0.2) is 0 Å². The second-order valence-corrected chi connectivity index (χ2v) is 5.61. The Labute approximate surface area is 81.4 Å². The second kappa shape index (κ2) is 2.91. The molecule has 76 valence electrons. The summed E-state index contributed by atoms with van der Waals surface area (Å²) >= 11 is 0. The number of rotatable bonds is 1. The Balaban J connectivity index is 2.53. The lowest BCUT2D eigenvalue weighted by molar-refractivity contribution is 0.101. The molecule has 0 saturated carbocycles. The normalized spacial score (nSPS) is 18.9. The highest BCUT2D eigenvalue weighted by atomic mass is 32.2. The molecule has 1 aromatic heterocycles. The molecule has 0 unspecified atom stereocenters. The maximum Gasteiger partial charge on any atom is 0.180 e. The predicted octanol–water partition coefficient (Wildman–Crippen LogP) is 0.0832. The number of aromatic amines is 1. The number of ketones is 1. The molecular weight excluding hydrogens is 204 g/mol. The fraction of sp³-hybridized carbons (Fsp3) is 0.500. The number of carbonyl (C=O) groups excluding carboxylic acids is 1. The van der Waals surface area contributed by atoms with Crippen LogP contribution < -0.4 is 0 Å². The molecule has 5 nitrogen and oxygen atoms in total. The average Bonchev–Trinajstić information content (AvgIpc) is 2.44. The summed E-state index contributed by atoms with van der Waals surface area (Å²) in [5, 5.41) is 6.53. The molecule has 0 saturated heterocycles. The standard InChI is InChI=1S/C8H10N2O3S/c1-5(11)8-6-4-14(12,13)3-2-7(6)9-10-8/h2-4H2,1H3,(H,9,10). The van der Waals surface area contributed by atoms with Crippen molar-refractivity contribution in [3.05, 3.63) is 17.0 Å². The fourth-order valence-corrected chi connectivity index (χ4v) is 3.01. The molecule has 0 radical (unpaired) electrons. The van der Waals surface area contributed by atoms with Gasteiger partial charge < -0.3 is 0 Å². The Kier molecular flexibility index (Phi) is 1.95. The lowest BCUT2D eigenvalue weighted by atomic mass is 10.1. The third-order valence-electron chi connectivity index (χ3n) is 2.31. The molecule has 1 N–H and O–H groups in total. The molecule has 1 aliphatic heterocycles. The maximum atomic E-state index is 11.3. The summed E-state index contributed by atoms with van der Waals surface area (Å²) in [4.78, 5) is 11.1. The molecule has 1 aliphatic rings. The highest BCUT2D eigenvalue weighted by Crippen LogP contribution is 2.21. The summed E-state index contributed by atoms with van der Waals surface area (Å²) in [5.74, 6) is -0.118. The van der Waals surface area contributed by atoms with E-state index < -0.39 is 9.84 Å². The summed E-state index contributed by atoms with van der Waals surface area (Å²) in [6.07, 6.45) is 0.429. The van der Waals surface area contributed by atoms with Gasteiger partial charge in [0.25, 0.3) is 0 Å². The first kappa shape index (κ1) is 9.39. The van der Waals surface area contributed by atoms with Crippen molar-refractivity contribution >= 4 is 15.6 Å². The van der Waals surface area contributed by atoms with E-state index in [-0.39, 0.29) is 23.0 Å². The first-order valence-corrected chi connectivity index (χ1v) is 6.09. The third kappa shape index (κ3) is 1.45. The minimum absolute atomic E-state index is 0.0618. The van der Waals surface area contributed by atoms with E-state index in [4.69, 9.17) is 0 Å². The zero-order chi connectivity index (χ0) is 10.3. The van der Waals surface area contributed by atoms with Crippen LogP contribution in [0.5, 0.6) is 0 Å². The van der Waals surface area contributed by atoms with Gasteiger partial charge in [0.05, 0.1) is 11.5 Å². The van der Waals surface area contributed by atoms with Crippen molar-refractivity contribution in [2.45, 2.75) is 19.1 Å². The number of carbonyl (C=O) groups is 1. The highest BCUT2D eigenvalue weighted by Gasteiger charge is 2.27. The van der Waals surface area contributed by atoms with Gasteiger partial charge in [0, 0.05) is 24.6 Å². The van der Waals surface area contributed by atoms with Crippen molar-refractivity contribution in [1.82, 2.24) is 10.2 Å². The van der Waals surface area contributed by atoms with Gasteiger partial charge in [0.15, 0.2) is 15.6 Å². The van der Waals surface area contributed by atoms with Crippen LogP contribution in [0, 0.1) is 0 Å². The number of aryl methyl sites for hydroxylation is 1. The molecule has 0 atom stereocenters. The highest BCUT2D eigenvalue weighted by molar-refractivity contribution is 7.90. The van der Waals surface area contributed by atoms with Crippen LogP contribution in [-0.2, 0) is 22.0 Å². The number of hydrogen-bond donors (Lipinski definition) is 1. The topological polar surface area (TPSA) is 79.9 Å². The van der Waals surface area contributed by atoms with Crippen LogP contribution in [-0.4, -0.2) is 30.2 Å². The van der Waals surface area contributed by atoms with Crippen molar-refractivity contribution in [3.63, 3.8) is 0 Å². The van der Waals surface area contributed by atoms with Crippen LogP contribution in [0.3, 0.4) is 0 Å². The van der Waals surface area contributed by atoms with Gasteiger partial charge in [-0.15, -0.1) is 0 Å². The lowest BCUT2D eigenvalue weighted by Crippen LogP contribution is -2.19. The zero-order valence-corrected chi connectivity index (χ0v) is 8.52. The number of sulfone groups is 1. The van der Waals surface area contributed by atoms with Crippen LogP contribution in [0.25, 0.3) is 0 Å². The Morgan fingerprint density at radius 3 is 2.86 bits per heavy atom. The lowest BCUT2D eigenvalue weighted by Gasteiger charge is -2.11. The van der Waals surface area contributed by atoms with Crippen molar-refractivity contribution in [2.75, 3.05) is 5.75 Å². The SMILES string of the molecule is CC(=O)c1n[nH]c2c1CS(=O)(=O)CC2. The predicted molar refractivity (Wildman–Crippen MR) is 49.8 cm³/mol. The van der Waals surface area contributed by atoms with E-state index in [0.29, 0.717) is 12.0 Å². The monoisotopic (exact) mass is 214 g/mol. The van der Waals surface area contributed by atoms with E-state index in [0.717, 1.165) is 5.69 Å². The number of aromatic nitrogens is 2. The van der Waals surface area contributed by atoms with Crippen molar-refractivity contribution in [2.24, 2.45) is 0 Å².